The van der Waals surface area contributed by atoms with Gasteiger partial charge in [0.1, 0.15) is 0 Å². The van der Waals surface area contributed by atoms with Crippen LogP contribution in [-0.4, -0.2) is 34.1 Å². The zero-order valence-corrected chi connectivity index (χ0v) is 7.88. The Morgan fingerprint density at radius 2 is 2.38 bits per heavy atom. The molecule has 1 aliphatic rings. The Labute approximate surface area is 76.9 Å². The molecule has 0 radical (unpaired) electrons. The summed E-state index contributed by atoms with van der Waals surface area (Å²) in [6.45, 7) is 4.62. The summed E-state index contributed by atoms with van der Waals surface area (Å²) in [7, 11) is 0. The molecule has 1 rings (SSSR count). The maximum Gasteiger partial charge on any atom is 0.180 e. The summed E-state index contributed by atoms with van der Waals surface area (Å²) >= 11 is 0. The number of rotatable bonds is 4. The fraction of sp³-hybridized carbons (Fsp3) is 0.857. The first-order valence-electron chi connectivity index (χ1n) is 4.40. The summed E-state index contributed by atoms with van der Waals surface area (Å²) < 4.78 is 0. The van der Waals surface area contributed by atoms with Crippen LogP contribution in [0.5, 0.6) is 0 Å². The molecule has 1 heterocycles. The van der Waals surface area contributed by atoms with Gasteiger partial charge in [0.25, 0.3) is 0 Å². The number of hydrogen-bond donors (Lipinski definition) is 0. The Bertz CT molecular complexity index is 219. The van der Waals surface area contributed by atoms with E-state index in [1.807, 2.05) is 0 Å². The van der Waals surface area contributed by atoms with Gasteiger partial charge in [-0.05, 0) is 13.3 Å². The highest BCUT2D eigenvalue weighted by Gasteiger charge is 2.30. The second kappa shape index (κ2) is 4.06. The summed E-state index contributed by atoms with van der Waals surface area (Å²) in [5.74, 6) is 0. The van der Waals surface area contributed by atoms with E-state index in [0.717, 1.165) is 24.4 Å². The van der Waals surface area contributed by atoms with E-state index < -0.39 is 5.03 Å². The maximum absolute atomic E-state index is 10.4. The van der Waals surface area contributed by atoms with Crippen LogP contribution in [0.25, 0.3) is 0 Å². The van der Waals surface area contributed by atoms with Crippen molar-refractivity contribution in [3.05, 3.63) is 10.1 Å². The molecule has 0 aromatic rings. The molecule has 13 heavy (non-hydrogen) atoms. The molecule has 0 aromatic carbocycles. The second-order valence-corrected chi connectivity index (χ2v) is 3.00. The van der Waals surface area contributed by atoms with Gasteiger partial charge in [0.2, 0.25) is 0 Å². The molecule has 0 spiro atoms. The molecule has 0 bridgehead atoms. The summed E-state index contributed by atoms with van der Waals surface area (Å²) in [4.78, 5) is 10.4. The lowest BCUT2D eigenvalue weighted by atomic mass is 10.3. The number of nitro groups is 1. The van der Waals surface area contributed by atoms with E-state index in [2.05, 4.69) is 12.0 Å². The smallest absolute Gasteiger partial charge is 0.180 e. The van der Waals surface area contributed by atoms with Gasteiger partial charge in [-0.1, -0.05) is 18.4 Å². The topological polar surface area (TPSA) is 62.0 Å². The number of nitrogens with zero attached hydrogens (tertiary/aromatic N) is 4. The van der Waals surface area contributed by atoms with E-state index >= 15 is 0 Å². The SMILES string of the molecule is CCCCN1N=CN([N+](=O)[O-])C1C. The normalized spacial score (nSPS) is 21.2. The lowest BCUT2D eigenvalue weighted by Gasteiger charge is -2.20. The molecule has 1 unspecified atom stereocenters. The number of unbranched alkanes of at least 4 members (excludes halogenated alkanes) is 1. The highest BCUT2D eigenvalue weighted by Crippen LogP contribution is 2.12. The quantitative estimate of drug-likeness (QED) is 0.483. The molecule has 0 fully saturated rings. The monoisotopic (exact) mass is 186 g/mol. The molecule has 0 N–H and O–H groups in total. The molecule has 6 heteroatoms. The molecule has 0 aromatic heterocycles. The van der Waals surface area contributed by atoms with Crippen LogP contribution in [0.4, 0.5) is 0 Å². The van der Waals surface area contributed by atoms with Crippen molar-refractivity contribution in [3.63, 3.8) is 0 Å². The Hall–Kier alpha value is -1.33. The molecule has 6 nitrogen and oxygen atoms in total. The minimum absolute atomic E-state index is 0.262. The minimum atomic E-state index is -0.444. The summed E-state index contributed by atoms with van der Waals surface area (Å²) in [5.41, 5.74) is 0. The van der Waals surface area contributed by atoms with Gasteiger partial charge in [0.05, 0.1) is 0 Å². The molecular weight excluding hydrogens is 172 g/mol. The van der Waals surface area contributed by atoms with Crippen molar-refractivity contribution in [1.82, 2.24) is 10.0 Å². The van der Waals surface area contributed by atoms with E-state index in [9.17, 15) is 10.1 Å². The predicted molar refractivity (Wildman–Crippen MR) is 48.4 cm³/mol. The largest absolute Gasteiger partial charge is 0.267 e. The van der Waals surface area contributed by atoms with Crippen LogP contribution >= 0.6 is 0 Å². The predicted octanol–water partition coefficient (Wildman–Crippen LogP) is 0.885. The van der Waals surface area contributed by atoms with Crippen LogP contribution in [0, 0.1) is 10.1 Å². The Balaban J connectivity index is 2.46. The lowest BCUT2D eigenvalue weighted by Crippen LogP contribution is -2.40. The average Bonchev–Trinajstić information content (AvgIpc) is 2.43. The molecule has 74 valence electrons. The zero-order chi connectivity index (χ0) is 9.84. The first-order valence-corrected chi connectivity index (χ1v) is 4.40. The van der Waals surface area contributed by atoms with E-state index in [-0.39, 0.29) is 6.17 Å². The summed E-state index contributed by atoms with van der Waals surface area (Å²) in [6.07, 6.45) is 3.08. The van der Waals surface area contributed by atoms with Crippen LogP contribution in [0.2, 0.25) is 0 Å². The molecule has 0 amide bonds. The third kappa shape index (κ3) is 2.07. The maximum atomic E-state index is 10.4. The highest BCUT2D eigenvalue weighted by atomic mass is 16.7. The van der Waals surface area contributed by atoms with Gasteiger partial charge in [-0.3, -0.25) is 5.01 Å². The number of hydrogen-bond acceptors (Lipinski definition) is 4. The third-order valence-corrected chi connectivity index (χ3v) is 2.06. The van der Waals surface area contributed by atoms with Crippen LogP contribution in [-0.2, 0) is 0 Å². The van der Waals surface area contributed by atoms with Gasteiger partial charge in [-0.15, -0.1) is 0 Å². The van der Waals surface area contributed by atoms with Crippen molar-refractivity contribution < 1.29 is 5.03 Å². The molecule has 0 saturated heterocycles. The number of hydrazine groups is 1. The van der Waals surface area contributed by atoms with Crippen molar-refractivity contribution in [3.8, 4) is 0 Å². The van der Waals surface area contributed by atoms with Crippen LogP contribution in [0.1, 0.15) is 26.7 Å². The Morgan fingerprint density at radius 1 is 1.69 bits per heavy atom. The van der Waals surface area contributed by atoms with Gasteiger partial charge in [-0.25, -0.2) is 10.1 Å². The fourth-order valence-corrected chi connectivity index (χ4v) is 1.19. The molecule has 0 saturated carbocycles. The fourth-order valence-electron chi connectivity index (χ4n) is 1.19. The van der Waals surface area contributed by atoms with Crippen LogP contribution < -0.4 is 0 Å². The van der Waals surface area contributed by atoms with Crippen molar-refractivity contribution in [2.45, 2.75) is 32.9 Å². The minimum Gasteiger partial charge on any atom is -0.267 e. The first kappa shape index (κ1) is 9.76. The van der Waals surface area contributed by atoms with Gasteiger partial charge < -0.3 is 0 Å². The molecule has 1 atom stereocenters. The second-order valence-electron chi connectivity index (χ2n) is 3.00. The van der Waals surface area contributed by atoms with Crippen LogP contribution in [0.15, 0.2) is 5.10 Å². The van der Waals surface area contributed by atoms with Crippen LogP contribution in [0.3, 0.4) is 0 Å². The third-order valence-electron chi connectivity index (χ3n) is 2.06. The van der Waals surface area contributed by atoms with Crippen molar-refractivity contribution in [1.29, 1.82) is 0 Å². The molecule has 1 aliphatic heterocycles. The van der Waals surface area contributed by atoms with E-state index in [1.54, 1.807) is 11.9 Å². The van der Waals surface area contributed by atoms with Crippen molar-refractivity contribution in [2.24, 2.45) is 5.10 Å². The van der Waals surface area contributed by atoms with Crippen molar-refractivity contribution >= 4 is 6.34 Å². The highest BCUT2D eigenvalue weighted by molar-refractivity contribution is 5.54. The molecule has 0 aliphatic carbocycles. The van der Waals surface area contributed by atoms with E-state index in [0.29, 0.717) is 0 Å². The van der Waals surface area contributed by atoms with E-state index in [1.165, 1.54) is 6.34 Å². The average molecular weight is 186 g/mol. The zero-order valence-electron chi connectivity index (χ0n) is 7.88. The van der Waals surface area contributed by atoms with Gasteiger partial charge >= 0.3 is 0 Å². The Kier molecular flexibility index (Phi) is 3.05. The van der Waals surface area contributed by atoms with Gasteiger partial charge in [0.15, 0.2) is 17.5 Å². The summed E-state index contributed by atoms with van der Waals surface area (Å²) in [5, 5.41) is 16.7. The Morgan fingerprint density at radius 3 is 2.85 bits per heavy atom. The van der Waals surface area contributed by atoms with Gasteiger partial charge in [-0.2, -0.15) is 5.10 Å². The first-order chi connectivity index (χ1) is 6.16. The standard InChI is InChI=1S/C7H14N4O2/c1-3-4-5-9-7(2)10(6-8-9)11(12)13/h6-7H,3-5H2,1-2H3. The summed E-state index contributed by atoms with van der Waals surface area (Å²) in [6, 6.07) is 0. The lowest BCUT2D eigenvalue weighted by molar-refractivity contribution is -0.637. The van der Waals surface area contributed by atoms with Crippen molar-refractivity contribution in [2.75, 3.05) is 6.54 Å². The van der Waals surface area contributed by atoms with E-state index in [4.69, 9.17) is 0 Å². The molecular formula is C7H14N4O2. The van der Waals surface area contributed by atoms with Gasteiger partial charge in [0, 0.05) is 6.54 Å². The number of hydrazone groups is 1.